The molecule has 0 unspecified atom stereocenters. The number of nitrogens with zero attached hydrogens (tertiary/aromatic N) is 1. The predicted octanol–water partition coefficient (Wildman–Crippen LogP) is 4.66. The van der Waals surface area contributed by atoms with Crippen molar-refractivity contribution in [3.8, 4) is 5.75 Å². The summed E-state index contributed by atoms with van der Waals surface area (Å²) in [5, 5.41) is 11.6. The number of ketones is 1. The highest BCUT2D eigenvalue weighted by Gasteiger charge is 2.23. The molecule has 0 atom stereocenters. The summed E-state index contributed by atoms with van der Waals surface area (Å²) in [5.41, 5.74) is 1.04. The van der Waals surface area contributed by atoms with Crippen LogP contribution in [0.15, 0.2) is 46.9 Å². The van der Waals surface area contributed by atoms with Crippen molar-refractivity contribution < 1.29 is 31.5 Å². The summed E-state index contributed by atoms with van der Waals surface area (Å²) in [4.78, 5) is 24.1. The Morgan fingerprint density at radius 1 is 1.12 bits per heavy atom. The zero-order chi connectivity index (χ0) is 24.0. The number of benzene rings is 2. The highest BCUT2D eigenvalue weighted by atomic mass is 32.2. The van der Waals surface area contributed by atoms with Crippen molar-refractivity contribution in [3.63, 3.8) is 0 Å². The van der Waals surface area contributed by atoms with Crippen molar-refractivity contribution in [1.82, 2.24) is 0 Å². The van der Waals surface area contributed by atoms with Gasteiger partial charge in [0, 0.05) is 29.5 Å². The number of unbranched alkanes of at least 4 members (excludes halogenated alkanes) is 1. The molecule has 0 saturated carbocycles. The molecule has 3 aromatic rings. The number of nitro benzene ring substituents is 1. The molecule has 0 radical (unpaired) electrons. The molecule has 0 N–H and O–H groups in total. The van der Waals surface area contributed by atoms with Gasteiger partial charge in [-0.2, -0.15) is 8.42 Å². The Bertz CT molecular complexity index is 1250. The number of fused-ring (bicyclic) bond motifs is 1. The maximum Gasteiger partial charge on any atom is 0.270 e. The molecule has 0 aliphatic heterocycles. The maximum absolute atomic E-state index is 13.4. The third-order valence-corrected chi connectivity index (χ3v) is 6.41. The Labute approximate surface area is 191 Å². The van der Waals surface area contributed by atoms with Crippen molar-refractivity contribution in [2.45, 2.75) is 32.6 Å². The second-order valence-corrected chi connectivity index (χ2v) is 9.28. The first kappa shape index (κ1) is 24.4. The lowest BCUT2D eigenvalue weighted by atomic mass is 9.98. The second kappa shape index (κ2) is 10.6. The van der Waals surface area contributed by atoms with Crippen molar-refractivity contribution in [2.24, 2.45) is 0 Å². The van der Waals surface area contributed by atoms with E-state index in [2.05, 4.69) is 4.18 Å². The molecule has 0 saturated heterocycles. The molecule has 2 aromatic carbocycles. The van der Waals surface area contributed by atoms with Crippen LogP contribution in [0.2, 0.25) is 0 Å². The summed E-state index contributed by atoms with van der Waals surface area (Å²) in [7, 11) is -2.42. The van der Waals surface area contributed by atoms with Crippen LogP contribution in [-0.2, 0) is 20.7 Å². The average Bonchev–Trinajstić information content (AvgIpc) is 3.17. The summed E-state index contributed by atoms with van der Waals surface area (Å²) in [6.07, 6.45) is 2.53. The Balaban J connectivity index is 1.82. The third kappa shape index (κ3) is 5.96. The molecule has 3 rings (SSSR count). The number of non-ortho nitro benzene ring substituents is 1. The van der Waals surface area contributed by atoms with E-state index in [9.17, 15) is 23.3 Å². The zero-order valence-electron chi connectivity index (χ0n) is 18.4. The first-order valence-corrected chi connectivity index (χ1v) is 12.1. The van der Waals surface area contributed by atoms with Crippen molar-refractivity contribution >= 4 is 32.6 Å². The van der Waals surface area contributed by atoms with E-state index >= 15 is 0 Å². The van der Waals surface area contributed by atoms with Gasteiger partial charge in [0.15, 0.2) is 5.78 Å². The van der Waals surface area contributed by atoms with Crippen molar-refractivity contribution in [3.05, 3.63) is 69.5 Å². The predicted molar refractivity (Wildman–Crippen MR) is 122 cm³/mol. The van der Waals surface area contributed by atoms with Crippen LogP contribution < -0.4 is 4.74 Å². The highest BCUT2D eigenvalue weighted by molar-refractivity contribution is 7.86. The van der Waals surface area contributed by atoms with Crippen LogP contribution in [0.3, 0.4) is 0 Å². The lowest BCUT2D eigenvalue weighted by molar-refractivity contribution is -0.384. The van der Waals surface area contributed by atoms with E-state index in [0.717, 1.165) is 20.0 Å². The molecule has 10 heteroatoms. The Morgan fingerprint density at radius 3 is 2.48 bits per heavy atom. The second-order valence-electron chi connectivity index (χ2n) is 7.43. The van der Waals surface area contributed by atoms with E-state index in [1.165, 1.54) is 18.2 Å². The molecular weight excluding hydrogens is 450 g/mol. The van der Waals surface area contributed by atoms with E-state index < -0.39 is 15.0 Å². The minimum Gasteiger partial charge on any atom is -0.494 e. The van der Waals surface area contributed by atoms with Gasteiger partial charge in [-0.15, -0.1) is 0 Å². The van der Waals surface area contributed by atoms with Gasteiger partial charge in [0.2, 0.25) is 0 Å². The molecule has 0 aliphatic carbocycles. The van der Waals surface area contributed by atoms with Gasteiger partial charge in [0.1, 0.15) is 17.1 Å². The fourth-order valence-corrected chi connectivity index (χ4v) is 4.01. The number of carbonyl (C=O) groups is 1. The van der Waals surface area contributed by atoms with Crippen LogP contribution in [0.1, 0.15) is 47.9 Å². The summed E-state index contributed by atoms with van der Waals surface area (Å²) in [5.74, 6) is 0.552. The van der Waals surface area contributed by atoms with E-state index in [4.69, 9.17) is 9.15 Å². The van der Waals surface area contributed by atoms with Gasteiger partial charge in [-0.25, -0.2) is 0 Å². The molecule has 9 nitrogen and oxygen atoms in total. The number of furan rings is 1. The van der Waals surface area contributed by atoms with Crippen LogP contribution in [-0.4, -0.2) is 38.6 Å². The molecule has 0 spiro atoms. The lowest BCUT2D eigenvalue weighted by Gasteiger charge is -2.07. The molecular formula is C23H25NO8S. The minimum atomic E-state index is -3.53. The Kier molecular flexibility index (Phi) is 7.83. The first-order valence-electron chi connectivity index (χ1n) is 10.5. The number of hydrogen-bond donors (Lipinski definition) is 0. The number of carbonyl (C=O) groups excluding carboxylic acids is 1. The number of hydrogen-bond acceptors (Lipinski definition) is 8. The SMILES string of the molecule is CCCCc1oc2ccc([N+](=O)[O-])cc2c1C(=O)c1ccc(OCCCS(=O)(=O)OC)cc1. The number of rotatable bonds is 12. The maximum atomic E-state index is 13.4. The van der Waals surface area contributed by atoms with Crippen LogP contribution in [0, 0.1) is 10.1 Å². The average molecular weight is 476 g/mol. The zero-order valence-corrected chi connectivity index (χ0v) is 19.2. The largest absolute Gasteiger partial charge is 0.494 e. The van der Waals surface area contributed by atoms with E-state index in [-0.39, 0.29) is 30.3 Å². The van der Waals surface area contributed by atoms with E-state index in [1.54, 1.807) is 24.3 Å². The van der Waals surface area contributed by atoms with Crippen LogP contribution in [0.5, 0.6) is 5.75 Å². The van der Waals surface area contributed by atoms with Gasteiger partial charge in [-0.05, 0) is 43.2 Å². The number of aryl methyl sites for hydroxylation is 1. The minimum absolute atomic E-state index is 0.112. The van der Waals surface area contributed by atoms with Gasteiger partial charge < -0.3 is 9.15 Å². The molecule has 0 amide bonds. The highest BCUT2D eigenvalue weighted by Crippen LogP contribution is 2.32. The molecule has 0 bridgehead atoms. The quantitative estimate of drug-likeness (QED) is 0.122. The van der Waals surface area contributed by atoms with Gasteiger partial charge in [0.25, 0.3) is 15.8 Å². The van der Waals surface area contributed by atoms with Gasteiger partial charge in [-0.1, -0.05) is 13.3 Å². The molecule has 1 heterocycles. The fraction of sp³-hybridized carbons (Fsp3) is 0.348. The smallest absolute Gasteiger partial charge is 0.270 e. The molecule has 33 heavy (non-hydrogen) atoms. The molecule has 0 aliphatic rings. The topological polar surface area (TPSA) is 126 Å². The first-order chi connectivity index (χ1) is 15.8. The fourth-order valence-electron chi connectivity index (χ4n) is 3.37. The summed E-state index contributed by atoms with van der Waals surface area (Å²) in [6, 6.07) is 10.7. The van der Waals surface area contributed by atoms with Gasteiger partial charge >= 0.3 is 0 Å². The van der Waals surface area contributed by atoms with Gasteiger partial charge in [-0.3, -0.25) is 19.1 Å². The molecule has 0 fully saturated rings. The standard InChI is InChI=1S/C23H25NO8S/c1-3-4-6-21-22(19-15-17(24(26)27)9-12-20(19)32-21)23(25)16-7-10-18(11-8-16)31-13-5-14-33(28,29)30-2/h7-12,15H,3-6,13-14H2,1-2H3. The number of ether oxygens (including phenoxy) is 1. The molecule has 176 valence electrons. The van der Waals surface area contributed by atoms with Crippen LogP contribution in [0.4, 0.5) is 5.69 Å². The van der Waals surface area contributed by atoms with Crippen LogP contribution in [0.25, 0.3) is 11.0 Å². The van der Waals surface area contributed by atoms with E-state index in [1.807, 2.05) is 6.92 Å². The normalized spacial score (nSPS) is 11.6. The van der Waals surface area contributed by atoms with Crippen molar-refractivity contribution in [2.75, 3.05) is 19.5 Å². The summed E-state index contributed by atoms with van der Waals surface area (Å²) < 4.78 is 38.5. The van der Waals surface area contributed by atoms with E-state index in [0.29, 0.717) is 40.0 Å². The summed E-state index contributed by atoms with van der Waals surface area (Å²) in [6.45, 7) is 2.20. The lowest BCUT2D eigenvalue weighted by Crippen LogP contribution is -2.11. The Morgan fingerprint density at radius 2 is 1.85 bits per heavy atom. The Hall–Kier alpha value is -3.24. The third-order valence-electron chi connectivity index (χ3n) is 5.12. The van der Waals surface area contributed by atoms with Gasteiger partial charge in [0.05, 0.1) is 30.0 Å². The van der Waals surface area contributed by atoms with Crippen LogP contribution >= 0.6 is 0 Å². The number of nitro groups is 1. The summed E-state index contributed by atoms with van der Waals surface area (Å²) >= 11 is 0. The molecule has 1 aromatic heterocycles. The van der Waals surface area contributed by atoms with Crippen molar-refractivity contribution in [1.29, 1.82) is 0 Å². The monoisotopic (exact) mass is 475 g/mol.